The third kappa shape index (κ3) is 6.45. The molecule has 0 heterocycles. The van der Waals surface area contributed by atoms with Gasteiger partial charge in [-0.15, -0.1) is 0 Å². The number of likely N-dealkylation sites (N-methyl/N-ethyl adjacent to an activating group) is 1. The van der Waals surface area contributed by atoms with Gasteiger partial charge in [-0.2, -0.15) is 0 Å². The number of rotatable bonds is 7. The van der Waals surface area contributed by atoms with Gasteiger partial charge in [0.2, 0.25) is 0 Å². The van der Waals surface area contributed by atoms with Crippen LogP contribution < -0.4 is 5.32 Å². The number of nitrogens with one attached hydrogen (secondary N) is 1. The second-order valence-electron chi connectivity index (χ2n) is 2.52. The Morgan fingerprint density at radius 3 is 2.50 bits per heavy atom. The van der Waals surface area contributed by atoms with E-state index in [0.29, 0.717) is 19.6 Å². The molecule has 12 heavy (non-hydrogen) atoms. The SMILES string of the molecule is CNCCN(CCO)CC(F)F. The molecular formula is C7H16F2N2O. The Morgan fingerprint density at radius 2 is 2.08 bits per heavy atom. The van der Waals surface area contributed by atoms with E-state index in [0.717, 1.165) is 0 Å². The first-order valence-electron chi connectivity index (χ1n) is 3.96. The van der Waals surface area contributed by atoms with E-state index < -0.39 is 6.43 Å². The lowest BCUT2D eigenvalue weighted by Crippen LogP contribution is -2.36. The van der Waals surface area contributed by atoms with Gasteiger partial charge in [0.15, 0.2) is 0 Å². The molecule has 0 amide bonds. The van der Waals surface area contributed by atoms with Crippen LogP contribution in [0.2, 0.25) is 0 Å². The Bertz CT molecular complexity index is 103. The average Bonchev–Trinajstić information content (AvgIpc) is 2.00. The monoisotopic (exact) mass is 182 g/mol. The van der Waals surface area contributed by atoms with Crippen molar-refractivity contribution >= 4 is 0 Å². The molecule has 5 heteroatoms. The maximum atomic E-state index is 11.9. The summed E-state index contributed by atoms with van der Waals surface area (Å²) >= 11 is 0. The molecule has 0 aromatic heterocycles. The Labute approximate surface area is 71.4 Å². The summed E-state index contributed by atoms with van der Waals surface area (Å²) < 4.78 is 23.8. The van der Waals surface area contributed by atoms with Crippen LogP contribution in [-0.4, -0.2) is 56.3 Å². The first-order valence-corrected chi connectivity index (χ1v) is 3.96. The van der Waals surface area contributed by atoms with E-state index in [1.54, 1.807) is 7.05 Å². The molecule has 0 radical (unpaired) electrons. The molecule has 74 valence electrons. The van der Waals surface area contributed by atoms with Crippen LogP contribution in [0.5, 0.6) is 0 Å². The van der Waals surface area contributed by atoms with Gasteiger partial charge in [0.25, 0.3) is 6.43 Å². The molecule has 2 N–H and O–H groups in total. The van der Waals surface area contributed by atoms with Gasteiger partial charge in [0.1, 0.15) is 0 Å². The number of alkyl halides is 2. The van der Waals surface area contributed by atoms with E-state index in [1.807, 2.05) is 0 Å². The molecular weight excluding hydrogens is 166 g/mol. The fraction of sp³-hybridized carbons (Fsp3) is 1.00. The molecule has 0 saturated carbocycles. The molecule has 0 aromatic carbocycles. The van der Waals surface area contributed by atoms with Crippen LogP contribution in [-0.2, 0) is 0 Å². The van der Waals surface area contributed by atoms with E-state index in [9.17, 15) is 8.78 Å². The summed E-state index contributed by atoms with van der Waals surface area (Å²) in [5.41, 5.74) is 0. The van der Waals surface area contributed by atoms with E-state index in [2.05, 4.69) is 5.32 Å². The Kier molecular flexibility index (Phi) is 7.23. The van der Waals surface area contributed by atoms with Crippen molar-refractivity contribution in [3.05, 3.63) is 0 Å². The van der Waals surface area contributed by atoms with Crippen molar-refractivity contribution in [3.8, 4) is 0 Å². The van der Waals surface area contributed by atoms with Crippen LogP contribution in [0, 0.1) is 0 Å². The van der Waals surface area contributed by atoms with Crippen molar-refractivity contribution < 1.29 is 13.9 Å². The summed E-state index contributed by atoms with van der Waals surface area (Å²) in [7, 11) is 1.76. The minimum Gasteiger partial charge on any atom is -0.395 e. The van der Waals surface area contributed by atoms with E-state index in [4.69, 9.17) is 5.11 Å². The minimum absolute atomic E-state index is 0.0730. The van der Waals surface area contributed by atoms with E-state index in [-0.39, 0.29) is 13.2 Å². The summed E-state index contributed by atoms with van der Waals surface area (Å²) in [5.74, 6) is 0. The first kappa shape index (κ1) is 11.7. The smallest absolute Gasteiger partial charge is 0.251 e. The molecule has 0 atom stereocenters. The zero-order valence-electron chi connectivity index (χ0n) is 7.26. The number of hydrogen-bond acceptors (Lipinski definition) is 3. The lowest BCUT2D eigenvalue weighted by Gasteiger charge is -2.20. The van der Waals surface area contributed by atoms with Gasteiger partial charge < -0.3 is 10.4 Å². The molecule has 0 aromatic rings. The number of halogens is 2. The first-order chi connectivity index (χ1) is 5.70. The van der Waals surface area contributed by atoms with Gasteiger partial charge in [-0.25, -0.2) is 8.78 Å². The largest absolute Gasteiger partial charge is 0.395 e. The van der Waals surface area contributed by atoms with E-state index in [1.165, 1.54) is 4.90 Å². The summed E-state index contributed by atoms with van der Waals surface area (Å²) in [6.45, 7) is 1.18. The molecule has 0 spiro atoms. The molecule has 0 fully saturated rings. The number of hydrogen-bond donors (Lipinski definition) is 2. The molecule has 0 bridgehead atoms. The molecule has 0 aliphatic rings. The predicted octanol–water partition coefficient (Wildman–Crippen LogP) is -0.235. The van der Waals surface area contributed by atoms with Gasteiger partial charge in [0.05, 0.1) is 13.2 Å². The third-order valence-corrected chi connectivity index (χ3v) is 1.49. The molecule has 0 unspecified atom stereocenters. The molecule has 0 rings (SSSR count). The lowest BCUT2D eigenvalue weighted by atomic mass is 10.4. The topological polar surface area (TPSA) is 35.5 Å². The highest BCUT2D eigenvalue weighted by Gasteiger charge is 2.10. The Hall–Kier alpha value is -0.260. The molecule has 3 nitrogen and oxygen atoms in total. The van der Waals surface area contributed by atoms with Gasteiger partial charge in [-0.05, 0) is 7.05 Å². The van der Waals surface area contributed by atoms with Crippen LogP contribution >= 0.6 is 0 Å². The normalized spacial score (nSPS) is 11.5. The summed E-state index contributed by atoms with van der Waals surface area (Å²) in [6.07, 6.45) is -2.33. The standard InChI is InChI=1S/C7H16F2N2O/c1-10-2-3-11(4-5-12)6-7(8)9/h7,10,12H,2-6H2,1H3. The molecule has 0 saturated heterocycles. The van der Waals surface area contributed by atoms with Crippen molar-refractivity contribution in [2.24, 2.45) is 0 Å². The predicted molar refractivity (Wildman–Crippen MR) is 43.5 cm³/mol. The van der Waals surface area contributed by atoms with Gasteiger partial charge in [-0.3, -0.25) is 4.90 Å². The summed E-state index contributed by atoms with van der Waals surface area (Å²) in [5, 5.41) is 11.4. The molecule has 0 aliphatic carbocycles. The highest BCUT2D eigenvalue weighted by molar-refractivity contribution is 4.59. The Morgan fingerprint density at radius 1 is 1.42 bits per heavy atom. The van der Waals surface area contributed by atoms with Gasteiger partial charge in [0, 0.05) is 19.6 Å². The highest BCUT2D eigenvalue weighted by Crippen LogP contribution is 1.96. The zero-order valence-corrected chi connectivity index (χ0v) is 7.26. The van der Waals surface area contributed by atoms with Gasteiger partial charge in [-0.1, -0.05) is 0 Å². The zero-order chi connectivity index (χ0) is 9.40. The van der Waals surface area contributed by atoms with Crippen LogP contribution in [0.3, 0.4) is 0 Å². The van der Waals surface area contributed by atoms with Crippen LogP contribution in [0.1, 0.15) is 0 Å². The van der Waals surface area contributed by atoms with E-state index >= 15 is 0 Å². The second kappa shape index (κ2) is 7.39. The number of nitrogens with zero attached hydrogens (tertiary/aromatic N) is 1. The fourth-order valence-corrected chi connectivity index (χ4v) is 0.901. The fourth-order valence-electron chi connectivity index (χ4n) is 0.901. The van der Waals surface area contributed by atoms with Crippen molar-refractivity contribution in [2.75, 3.05) is 39.8 Å². The maximum absolute atomic E-state index is 11.9. The van der Waals surface area contributed by atoms with Crippen molar-refractivity contribution in [1.29, 1.82) is 0 Å². The van der Waals surface area contributed by atoms with Gasteiger partial charge >= 0.3 is 0 Å². The van der Waals surface area contributed by atoms with Crippen molar-refractivity contribution in [2.45, 2.75) is 6.43 Å². The van der Waals surface area contributed by atoms with Crippen molar-refractivity contribution in [1.82, 2.24) is 10.2 Å². The third-order valence-electron chi connectivity index (χ3n) is 1.49. The summed E-state index contributed by atoms with van der Waals surface area (Å²) in [4.78, 5) is 1.53. The average molecular weight is 182 g/mol. The lowest BCUT2D eigenvalue weighted by molar-refractivity contribution is 0.0791. The quantitative estimate of drug-likeness (QED) is 0.570. The highest BCUT2D eigenvalue weighted by atomic mass is 19.3. The molecule has 0 aliphatic heterocycles. The maximum Gasteiger partial charge on any atom is 0.251 e. The van der Waals surface area contributed by atoms with Crippen molar-refractivity contribution in [3.63, 3.8) is 0 Å². The second-order valence-corrected chi connectivity index (χ2v) is 2.52. The minimum atomic E-state index is -2.33. The number of aliphatic hydroxyl groups excluding tert-OH is 1. The number of aliphatic hydroxyl groups is 1. The van der Waals surface area contributed by atoms with Crippen LogP contribution in [0.4, 0.5) is 8.78 Å². The Balaban J connectivity index is 3.54. The van der Waals surface area contributed by atoms with Crippen LogP contribution in [0.25, 0.3) is 0 Å². The van der Waals surface area contributed by atoms with Crippen LogP contribution in [0.15, 0.2) is 0 Å². The summed E-state index contributed by atoms with van der Waals surface area (Å²) in [6, 6.07) is 0.